The average molecular weight is 355 g/mol. The summed E-state index contributed by atoms with van der Waals surface area (Å²) in [7, 11) is 3.80. The smallest absolute Gasteiger partial charge is 0.257 e. The predicted molar refractivity (Wildman–Crippen MR) is 85.7 cm³/mol. The summed E-state index contributed by atoms with van der Waals surface area (Å²) in [5.41, 5.74) is 2.02. The van der Waals surface area contributed by atoms with Gasteiger partial charge in [-0.05, 0) is 40.2 Å². The van der Waals surface area contributed by atoms with Gasteiger partial charge in [-0.15, -0.1) is 0 Å². The van der Waals surface area contributed by atoms with Crippen LogP contribution in [0.5, 0.6) is 0 Å². The lowest BCUT2D eigenvalue weighted by atomic mass is 10.2. The van der Waals surface area contributed by atoms with Gasteiger partial charge in [-0.1, -0.05) is 11.6 Å². The van der Waals surface area contributed by atoms with Crippen LogP contribution in [-0.4, -0.2) is 25.0 Å². The van der Waals surface area contributed by atoms with E-state index in [1.54, 1.807) is 24.4 Å². The number of carbonyl (C=O) groups excluding carboxylic acids is 1. The summed E-state index contributed by atoms with van der Waals surface area (Å²) >= 11 is 9.28. The zero-order valence-corrected chi connectivity index (χ0v) is 13.4. The fraction of sp³-hybridized carbons (Fsp3) is 0.143. The number of anilines is 2. The van der Waals surface area contributed by atoms with Crippen molar-refractivity contribution in [2.24, 2.45) is 0 Å². The predicted octanol–water partition coefficient (Wildman–Crippen LogP) is 3.82. The summed E-state index contributed by atoms with van der Waals surface area (Å²) in [4.78, 5) is 18.1. The minimum absolute atomic E-state index is 0.232. The number of pyridine rings is 1. The first kappa shape index (κ1) is 14.8. The Bertz CT molecular complexity index is 646. The van der Waals surface area contributed by atoms with Crippen LogP contribution in [0.1, 0.15) is 10.4 Å². The van der Waals surface area contributed by atoms with Gasteiger partial charge in [0, 0.05) is 36.0 Å². The number of rotatable bonds is 3. The number of benzene rings is 1. The monoisotopic (exact) mass is 353 g/mol. The molecule has 1 N–H and O–H groups in total. The Morgan fingerprint density at radius 3 is 2.70 bits per heavy atom. The van der Waals surface area contributed by atoms with Crippen molar-refractivity contribution < 1.29 is 4.79 Å². The molecule has 0 atom stereocenters. The lowest BCUT2D eigenvalue weighted by Gasteiger charge is -2.18. The largest absolute Gasteiger partial charge is 0.376 e. The van der Waals surface area contributed by atoms with E-state index >= 15 is 0 Å². The number of carbonyl (C=O) groups is 1. The highest BCUT2D eigenvalue weighted by Crippen LogP contribution is 2.28. The number of nitrogens with zero attached hydrogens (tertiary/aromatic N) is 2. The Morgan fingerprint density at radius 2 is 2.05 bits per heavy atom. The van der Waals surface area contributed by atoms with Crippen LogP contribution < -0.4 is 10.2 Å². The first-order valence-electron chi connectivity index (χ1n) is 5.86. The Labute approximate surface area is 130 Å². The molecule has 1 amide bonds. The second-order valence-corrected chi connectivity index (χ2v) is 5.75. The van der Waals surface area contributed by atoms with E-state index in [1.807, 2.05) is 25.1 Å². The number of hydrogen-bond donors (Lipinski definition) is 1. The molecule has 0 unspecified atom stereocenters. The minimum Gasteiger partial charge on any atom is -0.376 e. The van der Waals surface area contributed by atoms with Gasteiger partial charge in [-0.2, -0.15) is 0 Å². The summed E-state index contributed by atoms with van der Waals surface area (Å²) in [6.45, 7) is 0. The zero-order valence-electron chi connectivity index (χ0n) is 11.0. The molecule has 6 heteroatoms. The van der Waals surface area contributed by atoms with Gasteiger partial charge in [0.25, 0.3) is 5.91 Å². The highest BCUT2D eigenvalue weighted by Gasteiger charge is 2.11. The van der Waals surface area contributed by atoms with Crippen molar-refractivity contribution in [3.05, 3.63) is 51.7 Å². The normalized spacial score (nSPS) is 10.2. The van der Waals surface area contributed by atoms with E-state index in [0.717, 1.165) is 10.2 Å². The average Bonchev–Trinajstić information content (AvgIpc) is 2.38. The van der Waals surface area contributed by atoms with Crippen molar-refractivity contribution >= 4 is 44.8 Å². The highest BCUT2D eigenvalue weighted by molar-refractivity contribution is 9.10. The van der Waals surface area contributed by atoms with Crippen LogP contribution in [-0.2, 0) is 0 Å². The van der Waals surface area contributed by atoms with Crippen LogP contribution in [0.4, 0.5) is 11.4 Å². The zero-order chi connectivity index (χ0) is 14.7. The number of aromatic nitrogens is 1. The van der Waals surface area contributed by atoms with Gasteiger partial charge in [0.15, 0.2) is 0 Å². The molecule has 0 saturated heterocycles. The third-order valence-corrected chi connectivity index (χ3v) is 3.32. The maximum absolute atomic E-state index is 12.2. The van der Waals surface area contributed by atoms with Crippen LogP contribution in [0.3, 0.4) is 0 Å². The number of amides is 1. The van der Waals surface area contributed by atoms with E-state index in [0.29, 0.717) is 16.3 Å². The van der Waals surface area contributed by atoms with Crippen molar-refractivity contribution in [1.29, 1.82) is 0 Å². The first-order chi connectivity index (χ1) is 9.47. The second-order valence-electron chi connectivity index (χ2n) is 4.40. The molecule has 2 aromatic rings. The molecular formula is C14H13BrClN3O. The van der Waals surface area contributed by atoms with Crippen molar-refractivity contribution in [2.45, 2.75) is 0 Å². The maximum atomic E-state index is 12.2. The van der Waals surface area contributed by atoms with Crippen molar-refractivity contribution in [3.63, 3.8) is 0 Å². The summed E-state index contributed by atoms with van der Waals surface area (Å²) in [5, 5.41) is 3.42. The van der Waals surface area contributed by atoms with Gasteiger partial charge in [-0.25, -0.2) is 0 Å². The van der Waals surface area contributed by atoms with E-state index in [1.165, 1.54) is 6.20 Å². The Balaban J connectivity index is 2.30. The fourth-order valence-corrected chi connectivity index (χ4v) is 2.27. The van der Waals surface area contributed by atoms with Gasteiger partial charge < -0.3 is 10.2 Å². The summed E-state index contributed by atoms with van der Waals surface area (Å²) in [6.07, 6.45) is 3.14. The third kappa shape index (κ3) is 3.49. The van der Waals surface area contributed by atoms with Crippen LogP contribution in [0.15, 0.2) is 41.1 Å². The molecular weight excluding hydrogens is 342 g/mol. The number of nitrogens with one attached hydrogen (secondary N) is 1. The van der Waals surface area contributed by atoms with Crippen LogP contribution in [0, 0.1) is 0 Å². The maximum Gasteiger partial charge on any atom is 0.257 e. The molecule has 4 nitrogen and oxygen atoms in total. The summed E-state index contributed by atoms with van der Waals surface area (Å²) in [5.74, 6) is -0.232. The molecule has 0 fully saturated rings. The molecule has 0 aliphatic heterocycles. The lowest BCUT2D eigenvalue weighted by Crippen LogP contribution is -2.16. The molecule has 1 aromatic carbocycles. The number of hydrogen-bond acceptors (Lipinski definition) is 3. The molecule has 20 heavy (non-hydrogen) atoms. The van der Waals surface area contributed by atoms with E-state index in [9.17, 15) is 4.79 Å². The highest BCUT2D eigenvalue weighted by atomic mass is 79.9. The van der Waals surface area contributed by atoms with Crippen molar-refractivity contribution in [3.8, 4) is 0 Å². The number of halogens is 2. The Kier molecular flexibility index (Phi) is 4.62. The topological polar surface area (TPSA) is 45.2 Å². The quantitative estimate of drug-likeness (QED) is 0.911. The van der Waals surface area contributed by atoms with Gasteiger partial charge in [0.1, 0.15) is 0 Å². The van der Waals surface area contributed by atoms with Crippen LogP contribution in [0.25, 0.3) is 0 Å². The van der Waals surface area contributed by atoms with Crippen molar-refractivity contribution in [2.75, 3.05) is 24.3 Å². The molecule has 0 spiro atoms. The fourth-order valence-electron chi connectivity index (χ4n) is 1.73. The molecule has 0 saturated carbocycles. The van der Waals surface area contributed by atoms with E-state index in [-0.39, 0.29) is 5.91 Å². The van der Waals surface area contributed by atoms with E-state index < -0.39 is 0 Å². The molecule has 2 rings (SSSR count). The van der Waals surface area contributed by atoms with Crippen LogP contribution in [0.2, 0.25) is 5.02 Å². The Morgan fingerprint density at radius 1 is 1.30 bits per heavy atom. The molecule has 1 heterocycles. The second kappa shape index (κ2) is 6.24. The SMILES string of the molecule is CN(C)c1ccc(Cl)cc1NC(=O)c1cncc(Br)c1. The standard InChI is InChI=1S/C14H13BrClN3O/c1-19(2)13-4-3-11(16)6-12(13)18-14(20)9-5-10(15)8-17-7-9/h3-8H,1-2H3,(H,18,20). The molecule has 0 aliphatic rings. The molecule has 0 aliphatic carbocycles. The molecule has 104 valence electrons. The third-order valence-electron chi connectivity index (χ3n) is 2.66. The molecule has 0 radical (unpaired) electrons. The van der Waals surface area contributed by atoms with Gasteiger partial charge >= 0.3 is 0 Å². The van der Waals surface area contributed by atoms with E-state index in [4.69, 9.17) is 11.6 Å². The lowest BCUT2D eigenvalue weighted by molar-refractivity contribution is 0.102. The van der Waals surface area contributed by atoms with Gasteiger partial charge in [0.2, 0.25) is 0 Å². The summed E-state index contributed by atoms with van der Waals surface area (Å²) < 4.78 is 0.754. The van der Waals surface area contributed by atoms with Crippen molar-refractivity contribution in [1.82, 2.24) is 4.98 Å². The Hall–Kier alpha value is -1.59. The summed E-state index contributed by atoms with van der Waals surface area (Å²) in [6, 6.07) is 7.08. The molecule has 0 bridgehead atoms. The molecule has 1 aromatic heterocycles. The minimum atomic E-state index is -0.232. The van der Waals surface area contributed by atoms with Gasteiger partial charge in [-0.3, -0.25) is 9.78 Å². The van der Waals surface area contributed by atoms with E-state index in [2.05, 4.69) is 26.2 Å². The van der Waals surface area contributed by atoms with Crippen LogP contribution >= 0.6 is 27.5 Å². The first-order valence-corrected chi connectivity index (χ1v) is 7.03. The van der Waals surface area contributed by atoms with Gasteiger partial charge in [0.05, 0.1) is 16.9 Å².